The smallest absolute Gasteiger partial charge is 0.139 e. The van der Waals surface area contributed by atoms with Crippen LogP contribution in [0.1, 0.15) is 55.5 Å². The van der Waals surface area contributed by atoms with E-state index in [-0.39, 0.29) is 6.04 Å². The third-order valence-electron chi connectivity index (χ3n) is 9.05. The highest BCUT2D eigenvalue weighted by Crippen LogP contribution is 2.51. The summed E-state index contributed by atoms with van der Waals surface area (Å²) in [7, 11) is -1.08. The van der Waals surface area contributed by atoms with E-state index < -0.39 is 8.07 Å². The molecule has 3 heterocycles. The molecule has 202 valence electrons. The number of hydrogen-bond donors (Lipinski definition) is 0. The average molecular weight is 594 g/mol. The van der Waals surface area contributed by atoms with Crippen molar-refractivity contribution in [1.82, 2.24) is 19.7 Å². The van der Waals surface area contributed by atoms with Gasteiger partial charge in [0.05, 0.1) is 17.9 Å². The topological polar surface area (TPSA) is 43.2 Å². The van der Waals surface area contributed by atoms with Crippen molar-refractivity contribution in [2.24, 2.45) is 11.8 Å². The van der Waals surface area contributed by atoms with E-state index in [1.54, 1.807) is 0 Å². The molecule has 1 unspecified atom stereocenters. The summed E-state index contributed by atoms with van der Waals surface area (Å²) in [4.78, 5) is 7.78. The lowest BCUT2D eigenvalue weighted by Crippen LogP contribution is -2.56. The molecule has 5 nitrogen and oxygen atoms in total. The molecule has 3 fully saturated rings. The van der Waals surface area contributed by atoms with Crippen LogP contribution in [-0.2, 0) is 17.9 Å². The Morgan fingerprint density at radius 2 is 1.89 bits per heavy atom. The maximum atomic E-state index is 5.92. The van der Waals surface area contributed by atoms with Gasteiger partial charge in [-0.25, -0.2) is 4.68 Å². The van der Waals surface area contributed by atoms with Crippen molar-refractivity contribution < 1.29 is 4.74 Å². The lowest BCUT2D eigenvalue weighted by atomic mass is 9.61. The SMILES string of the molecule is C[C@@H]1Cc2cc(-c3cnn(COCC[Si](C)(C)C)c3)ccc2[C@@H](c2ccc(Br)cn2)N1C1CCC2CC1C2. The highest BCUT2D eigenvalue weighted by atomic mass is 79.9. The van der Waals surface area contributed by atoms with Gasteiger partial charge in [-0.05, 0) is 102 Å². The Morgan fingerprint density at radius 3 is 2.61 bits per heavy atom. The molecule has 38 heavy (non-hydrogen) atoms. The molecule has 2 bridgehead atoms. The van der Waals surface area contributed by atoms with Crippen LogP contribution < -0.4 is 0 Å². The van der Waals surface area contributed by atoms with Gasteiger partial charge < -0.3 is 4.74 Å². The van der Waals surface area contributed by atoms with Crippen LogP contribution in [0.4, 0.5) is 0 Å². The highest BCUT2D eigenvalue weighted by Gasteiger charge is 2.47. The summed E-state index contributed by atoms with van der Waals surface area (Å²) in [5.74, 6) is 1.84. The third kappa shape index (κ3) is 5.44. The van der Waals surface area contributed by atoms with E-state index in [1.807, 2.05) is 17.1 Å². The second-order valence-corrected chi connectivity index (χ2v) is 19.6. The minimum Gasteiger partial charge on any atom is -0.360 e. The summed E-state index contributed by atoms with van der Waals surface area (Å²) in [6.07, 6.45) is 12.7. The normalized spacial score (nSPS) is 27.1. The van der Waals surface area contributed by atoms with Crippen LogP contribution in [0, 0.1) is 11.8 Å². The summed E-state index contributed by atoms with van der Waals surface area (Å²) in [6.45, 7) is 10.9. The molecule has 3 atom stereocenters. The lowest BCUT2D eigenvalue weighted by molar-refractivity contribution is -0.0358. The zero-order valence-corrected chi connectivity index (χ0v) is 25.8. The molecule has 2 aromatic heterocycles. The van der Waals surface area contributed by atoms with Gasteiger partial charge in [-0.15, -0.1) is 0 Å². The first kappa shape index (κ1) is 26.4. The predicted octanol–water partition coefficient (Wildman–Crippen LogP) is 7.54. The van der Waals surface area contributed by atoms with Crippen molar-refractivity contribution in [1.29, 1.82) is 0 Å². The van der Waals surface area contributed by atoms with Crippen molar-refractivity contribution in [3.63, 3.8) is 0 Å². The summed E-state index contributed by atoms with van der Waals surface area (Å²) in [5.41, 5.74) is 6.42. The standard InChI is InChI=1S/C31H41BrN4OSi/c1-21-13-24-16-23(26-17-34-35(19-26)20-37-11-12-38(2,3)4)6-8-28(24)31(29-9-7-27(32)18-33-29)36(21)30-10-5-22-14-25(30)15-22/h6-9,16-19,21-22,25,30-31H,5,10-15,20H2,1-4H3/t21-,22?,25?,30?,31+/m1/s1. The number of nitrogens with zero attached hydrogens (tertiary/aromatic N) is 4. The van der Waals surface area contributed by atoms with E-state index in [2.05, 4.69) is 89.0 Å². The quantitative estimate of drug-likeness (QED) is 0.200. The number of rotatable bonds is 8. The van der Waals surface area contributed by atoms with Crippen molar-refractivity contribution >= 4 is 24.0 Å². The van der Waals surface area contributed by atoms with Crippen LogP contribution in [-0.4, -0.2) is 46.4 Å². The second-order valence-electron chi connectivity index (χ2n) is 13.1. The van der Waals surface area contributed by atoms with Crippen LogP contribution in [0.25, 0.3) is 11.1 Å². The Bertz CT molecular complexity index is 1260. The van der Waals surface area contributed by atoms with Gasteiger partial charge in [-0.2, -0.15) is 5.10 Å². The van der Waals surface area contributed by atoms with Crippen LogP contribution in [0.5, 0.6) is 0 Å². The van der Waals surface area contributed by atoms with Crippen molar-refractivity contribution in [3.05, 3.63) is 70.2 Å². The Balaban J connectivity index is 1.26. The maximum absolute atomic E-state index is 5.92. The van der Waals surface area contributed by atoms with Gasteiger partial charge in [0.25, 0.3) is 0 Å². The molecule has 7 heteroatoms. The van der Waals surface area contributed by atoms with Crippen LogP contribution in [0.2, 0.25) is 25.7 Å². The fourth-order valence-electron chi connectivity index (χ4n) is 6.94. The van der Waals surface area contributed by atoms with E-state index in [4.69, 9.17) is 9.72 Å². The third-order valence-corrected chi connectivity index (χ3v) is 11.2. The van der Waals surface area contributed by atoms with Gasteiger partial charge in [0.1, 0.15) is 6.73 Å². The molecule has 0 N–H and O–H groups in total. The van der Waals surface area contributed by atoms with E-state index in [0.29, 0.717) is 18.8 Å². The maximum Gasteiger partial charge on any atom is 0.139 e. The fourth-order valence-corrected chi connectivity index (χ4v) is 7.93. The Morgan fingerprint density at radius 1 is 1.05 bits per heavy atom. The molecule has 1 aliphatic heterocycles. The Labute approximate surface area is 237 Å². The number of benzene rings is 1. The van der Waals surface area contributed by atoms with Gasteiger partial charge in [-0.1, -0.05) is 37.8 Å². The van der Waals surface area contributed by atoms with Crippen molar-refractivity contribution in [2.45, 2.75) is 89.6 Å². The fraction of sp³-hybridized carbons (Fsp3) is 0.548. The largest absolute Gasteiger partial charge is 0.360 e. The number of halogens is 1. The molecule has 0 amide bonds. The minimum absolute atomic E-state index is 0.209. The summed E-state index contributed by atoms with van der Waals surface area (Å²) in [6, 6.07) is 14.0. The van der Waals surface area contributed by atoms with Gasteiger partial charge >= 0.3 is 0 Å². The molecular weight excluding hydrogens is 552 g/mol. The number of pyridine rings is 1. The monoisotopic (exact) mass is 592 g/mol. The van der Waals surface area contributed by atoms with Crippen LogP contribution >= 0.6 is 15.9 Å². The van der Waals surface area contributed by atoms with Crippen molar-refractivity contribution in [2.75, 3.05) is 6.61 Å². The van der Waals surface area contributed by atoms with Crippen LogP contribution in [0.15, 0.2) is 53.4 Å². The van der Waals surface area contributed by atoms with E-state index in [0.717, 1.165) is 34.9 Å². The number of ether oxygens (including phenoxy) is 1. The van der Waals surface area contributed by atoms with E-state index in [9.17, 15) is 0 Å². The highest BCUT2D eigenvalue weighted by molar-refractivity contribution is 9.10. The van der Waals surface area contributed by atoms with E-state index >= 15 is 0 Å². The first-order valence-electron chi connectivity index (χ1n) is 14.4. The summed E-state index contributed by atoms with van der Waals surface area (Å²) in [5, 5.41) is 4.59. The number of aromatic nitrogens is 3. The van der Waals surface area contributed by atoms with Crippen molar-refractivity contribution in [3.8, 4) is 11.1 Å². The zero-order valence-electron chi connectivity index (χ0n) is 23.2. The molecule has 7 rings (SSSR count). The lowest BCUT2D eigenvalue weighted by Gasteiger charge is -2.55. The molecule has 0 spiro atoms. The summed E-state index contributed by atoms with van der Waals surface area (Å²) >= 11 is 3.60. The molecule has 0 radical (unpaired) electrons. The zero-order chi connectivity index (χ0) is 26.4. The molecule has 0 saturated heterocycles. The predicted molar refractivity (Wildman–Crippen MR) is 160 cm³/mol. The van der Waals surface area contributed by atoms with Crippen LogP contribution in [0.3, 0.4) is 0 Å². The Kier molecular flexibility index (Phi) is 7.40. The second kappa shape index (κ2) is 10.6. The molecule has 4 aliphatic rings. The van der Waals surface area contributed by atoms with Gasteiger partial charge in [0.15, 0.2) is 0 Å². The molecular formula is C31H41BrN4OSi. The van der Waals surface area contributed by atoms with Gasteiger partial charge in [-0.3, -0.25) is 9.88 Å². The molecule has 3 aliphatic carbocycles. The summed E-state index contributed by atoms with van der Waals surface area (Å²) < 4.78 is 8.88. The van der Waals surface area contributed by atoms with E-state index in [1.165, 1.54) is 54.1 Å². The minimum atomic E-state index is -1.08. The molecule has 3 aromatic rings. The number of fused-ring (bicyclic) bond motifs is 3. The Hall–Kier alpha value is -1.80. The first-order valence-corrected chi connectivity index (χ1v) is 18.9. The molecule has 1 aromatic carbocycles. The number of hydrogen-bond acceptors (Lipinski definition) is 4. The van der Waals surface area contributed by atoms with Gasteiger partial charge in [0.2, 0.25) is 0 Å². The average Bonchev–Trinajstić information content (AvgIpc) is 3.34. The first-order chi connectivity index (χ1) is 18.2. The molecule has 3 saturated carbocycles. The van der Waals surface area contributed by atoms with Gasteiger partial charge in [0, 0.05) is 49.2 Å².